The molecule has 1 aliphatic carbocycles. The molecule has 0 spiro atoms. The quantitative estimate of drug-likeness (QED) is 0.599. The largest absolute Gasteiger partial charge is 0.298 e. The van der Waals surface area contributed by atoms with Crippen molar-refractivity contribution < 1.29 is 4.79 Å². The van der Waals surface area contributed by atoms with Crippen LogP contribution in [-0.2, 0) is 12.8 Å². The van der Waals surface area contributed by atoms with E-state index in [0.29, 0.717) is 10.7 Å². The second-order valence-electron chi connectivity index (χ2n) is 5.94. The third-order valence-corrected chi connectivity index (χ3v) is 5.41. The van der Waals surface area contributed by atoms with Gasteiger partial charge in [0.05, 0.1) is 15.8 Å². The number of carbonyl (C=O) groups is 1. The summed E-state index contributed by atoms with van der Waals surface area (Å²) in [5, 5.41) is 6.06. The first-order chi connectivity index (χ1) is 11.8. The first-order valence-electron chi connectivity index (χ1n) is 7.85. The summed E-state index contributed by atoms with van der Waals surface area (Å²) in [6.07, 6.45) is 5.40. The molecule has 2 heterocycles. The van der Waals surface area contributed by atoms with Crippen LogP contribution in [0.5, 0.6) is 0 Å². The number of aromatic nitrogens is 2. The summed E-state index contributed by atoms with van der Waals surface area (Å²) in [4.78, 5) is 21.0. The van der Waals surface area contributed by atoms with Gasteiger partial charge in [-0.3, -0.25) is 15.1 Å². The molecule has 0 aliphatic heterocycles. The van der Waals surface area contributed by atoms with Gasteiger partial charge in [0, 0.05) is 17.8 Å². The molecule has 1 amide bonds. The van der Waals surface area contributed by atoms with Gasteiger partial charge >= 0.3 is 0 Å². The zero-order valence-electron chi connectivity index (χ0n) is 12.7. The van der Waals surface area contributed by atoms with Crippen molar-refractivity contribution in [3.63, 3.8) is 0 Å². The van der Waals surface area contributed by atoms with Crippen LogP contribution in [0.1, 0.15) is 21.5 Å². The smallest absolute Gasteiger partial charge is 0.259 e. The number of nitrogens with one attached hydrogen (secondary N) is 1. The molecule has 0 saturated carbocycles. The standard InChI is InChI=1S/C19H13N3OS/c23-18(13-4-2-8-20-10-13)22-19-21-17-14-5-1-3-11-6-7-12(16(11)14)9-15(17)24-19/h1-5,8-10H,6-7H2,(H,21,22,23). The number of fused-ring (bicyclic) bond motifs is 2. The lowest BCUT2D eigenvalue weighted by molar-refractivity contribution is 0.102. The van der Waals surface area contributed by atoms with Gasteiger partial charge in [-0.2, -0.15) is 0 Å². The first-order valence-corrected chi connectivity index (χ1v) is 8.66. The summed E-state index contributed by atoms with van der Waals surface area (Å²) in [5.41, 5.74) is 4.30. The van der Waals surface area contributed by atoms with E-state index in [0.717, 1.165) is 23.1 Å². The average molecular weight is 331 g/mol. The lowest BCUT2D eigenvalue weighted by atomic mass is 10.0. The Morgan fingerprint density at radius 1 is 1.12 bits per heavy atom. The van der Waals surface area contributed by atoms with Crippen LogP contribution in [0.4, 0.5) is 5.13 Å². The highest BCUT2D eigenvalue weighted by Crippen LogP contribution is 2.39. The molecular weight excluding hydrogens is 318 g/mol. The van der Waals surface area contributed by atoms with Crippen LogP contribution in [0.25, 0.3) is 21.0 Å². The molecule has 0 atom stereocenters. The van der Waals surface area contributed by atoms with Crippen LogP contribution in [0.15, 0.2) is 48.8 Å². The molecule has 0 unspecified atom stereocenters. The summed E-state index contributed by atoms with van der Waals surface area (Å²) in [7, 11) is 0. The molecule has 0 fully saturated rings. The maximum atomic E-state index is 12.3. The van der Waals surface area contributed by atoms with E-state index >= 15 is 0 Å². The molecule has 4 nitrogen and oxygen atoms in total. The van der Waals surface area contributed by atoms with Crippen LogP contribution in [0, 0.1) is 0 Å². The highest BCUT2D eigenvalue weighted by molar-refractivity contribution is 7.22. The highest BCUT2D eigenvalue weighted by Gasteiger charge is 2.19. The number of amides is 1. The van der Waals surface area contributed by atoms with Crippen molar-refractivity contribution >= 4 is 43.4 Å². The molecule has 1 N–H and O–H groups in total. The van der Waals surface area contributed by atoms with Crippen LogP contribution >= 0.6 is 11.3 Å². The van der Waals surface area contributed by atoms with Crippen molar-refractivity contribution in [3.05, 3.63) is 65.5 Å². The molecule has 1 aliphatic rings. The number of hydrogen-bond donors (Lipinski definition) is 1. The van der Waals surface area contributed by atoms with Crippen molar-refractivity contribution in [1.29, 1.82) is 0 Å². The van der Waals surface area contributed by atoms with Gasteiger partial charge in [-0.25, -0.2) is 4.98 Å². The second-order valence-corrected chi connectivity index (χ2v) is 6.97. The number of rotatable bonds is 2. The summed E-state index contributed by atoms with van der Waals surface area (Å²) >= 11 is 1.52. The van der Waals surface area contributed by atoms with Crippen molar-refractivity contribution in [2.75, 3.05) is 5.32 Å². The highest BCUT2D eigenvalue weighted by atomic mass is 32.1. The Labute approximate surface area is 142 Å². The molecule has 116 valence electrons. The van der Waals surface area contributed by atoms with E-state index in [1.165, 1.54) is 33.2 Å². The maximum absolute atomic E-state index is 12.3. The van der Waals surface area contributed by atoms with E-state index in [-0.39, 0.29) is 5.91 Å². The van der Waals surface area contributed by atoms with E-state index in [9.17, 15) is 4.79 Å². The fraction of sp³-hybridized carbons (Fsp3) is 0.105. The van der Waals surface area contributed by atoms with Crippen LogP contribution in [0.3, 0.4) is 0 Å². The van der Waals surface area contributed by atoms with Crippen LogP contribution in [-0.4, -0.2) is 15.9 Å². The van der Waals surface area contributed by atoms with Gasteiger partial charge in [0.25, 0.3) is 5.91 Å². The fourth-order valence-electron chi connectivity index (χ4n) is 3.42. The molecule has 5 rings (SSSR count). The topological polar surface area (TPSA) is 54.9 Å². The Morgan fingerprint density at radius 2 is 2.04 bits per heavy atom. The SMILES string of the molecule is O=C(Nc1nc2c(cc3c4c(cccc42)CC3)s1)c1cccnc1. The number of thiazole rings is 1. The van der Waals surface area contributed by atoms with Gasteiger partial charge in [0.15, 0.2) is 5.13 Å². The van der Waals surface area contributed by atoms with E-state index in [1.807, 2.05) is 0 Å². The predicted molar refractivity (Wildman–Crippen MR) is 96.7 cm³/mol. The fourth-order valence-corrected chi connectivity index (χ4v) is 4.37. The molecule has 0 bridgehead atoms. The minimum atomic E-state index is -0.181. The minimum Gasteiger partial charge on any atom is -0.298 e. The van der Waals surface area contributed by atoms with Gasteiger partial charge in [0.2, 0.25) is 0 Å². The van der Waals surface area contributed by atoms with Gasteiger partial charge in [0.1, 0.15) is 0 Å². The van der Waals surface area contributed by atoms with E-state index in [4.69, 9.17) is 0 Å². The number of hydrogen-bond acceptors (Lipinski definition) is 4. The summed E-state index contributed by atoms with van der Waals surface area (Å²) in [5.74, 6) is -0.181. The Kier molecular flexibility index (Phi) is 2.90. The summed E-state index contributed by atoms with van der Waals surface area (Å²) < 4.78 is 1.12. The average Bonchev–Trinajstić information content (AvgIpc) is 3.21. The van der Waals surface area contributed by atoms with Crippen molar-refractivity contribution in [1.82, 2.24) is 9.97 Å². The van der Waals surface area contributed by atoms with Gasteiger partial charge in [-0.15, -0.1) is 0 Å². The molecular formula is C19H13N3OS. The summed E-state index contributed by atoms with van der Waals surface area (Å²) in [6.45, 7) is 0. The number of carbonyl (C=O) groups excluding carboxylic acids is 1. The van der Waals surface area contributed by atoms with Gasteiger partial charge in [-0.1, -0.05) is 29.5 Å². The number of anilines is 1. The van der Waals surface area contributed by atoms with Crippen molar-refractivity contribution in [2.24, 2.45) is 0 Å². The molecule has 24 heavy (non-hydrogen) atoms. The molecule has 4 aromatic rings. The molecule has 0 radical (unpaired) electrons. The monoisotopic (exact) mass is 331 g/mol. The zero-order valence-corrected chi connectivity index (χ0v) is 13.6. The summed E-state index contributed by atoms with van der Waals surface area (Å²) in [6, 6.07) is 12.1. The van der Waals surface area contributed by atoms with Crippen molar-refractivity contribution in [2.45, 2.75) is 12.8 Å². The Bertz CT molecular complexity index is 1100. The lowest BCUT2D eigenvalue weighted by Gasteiger charge is -2.02. The third kappa shape index (κ3) is 2.02. The number of pyridine rings is 1. The number of benzene rings is 2. The first kappa shape index (κ1) is 13.6. The predicted octanol–water partition coefficient (Wildman–Crippen LogP) is 4.20. The molecule has 5 heteroatoms. The Hall–Kier alpha value is -2.79. The van der Waals surface area contributed by atoms with Crippen LogP contribution < -0.4 is 5.32 Å². The maximum Gasteiger partial charge on any atom is 0.259 e. The number of aryl methyl sites for hydroxylation is 2. The number of nitrogens with zero attached hydrogens (tertiary/aromatic N) is 2. The third-order valence-electron chi connectivity index (χ3n) is 4.49. The van der Waals surface area contributed by atoms with E-state index < -0.39 is 0 Å². The molecule has 0 saturated heterocycles. The Balaban J connectivity index is 1.61. The Morgan fingerprint density at radius 3 is 2.92 bits per heavy atom. The van der Waals surface area contributed by atoms with Gasteiger partial charge < -0.3 is 0 Å². The normalized spacial score (nSPS) is 12.8. The van der Waals surface area contributed by atoms with E-state index in [2.05, 4.69) is 39.6 Å². The molecule has 2 aromatic carbocycles. The lowest BCUT2D eigenvalue weighted by Crippen LogP contribution is -2.11. The minimum absolute atomic E-state index is 0.181. The van der Waals surface area contributed by atoms with Gasteiger partial charge in [-0.05, 0) is 47.6 Å². The van der Waals surface area contributed by atoms with Crippen LogP contribution in [0.2, 0.25) is 0 Å². The zero-order chi connectivity index (χ0) is 16.1. The van der Waals surface area contributed by atoms with E-state index in [1.54, 1.807) is 24.5 Å². The molecule has 2 aromatic heterocycles. The van der Waals surface area contributed by atoms with Crippen molar-refractivity contribution in [3.8, 4) is 0 Å². The second kappa shape index (κ2) is 5.11.